The molecule has 1 amide bonds. The average Bonchev–Trinajstić information content (AvgIpc) is 1.77. The summed E-state index contributed by atoms with van der Waals surface area (Å²) in [5, 5.41) is 14.2. The number of allylic oxidation sites excluding steroid dienone is 6. The van der Waals surface area contributed by atoms with E-state index < -0.39 is 20.0 Å². The van der Waals surface area contributed by atoms with Crippen molar-refractivity contribution in [2.45, 2.75) is 463 Å². The SMILES string of the molecule is CCCCCCC/C=C\C/C=C\C/C=C\CCCCCCCCCCCCCCCCCCCCCCCCCCCCC(=O)NC(COP(=O)([O-])OCC[N+](C)(C)C)C(O)CCCCCCCCCCCCCCCCCCCCCCCCCCCCCCCCC. The van der Waals surface area contributed by atoms with Crippen LogP contribution in [0.5, 0.6) is 0 Å². The Labute approximate surface area is 588 Å². The van der Waals surface area contributed by atoms with Crippen LogP contribution in [0.15, 0.2) is 36.5 Å². The quantitative estimate of drug-likeness (QED) is 0.0272. The lowest BCUT2D eigenvalue weighted by Crippen LogP contribution is -2.46. The van der Waals surface area contributed by atoms with Crippen molar-refractivity contribution in [2.75, 3.05) is 40.9 Å². The van der Waals surface area contributed by atoms with Crippen LogP contribution in [0, 0.1) is 0 Å². The second-order valence-electron chi connectivity index (χ2n) is 30.5. The van der Waals surface area contributed by atoms with Crippen LogP contribution in [-0.4, -0.2) is 68.5 Å². The van der Waals surface area contributed by atoms with Crippen LogP contribution in [0.1, 0.15) is 450 Å². The molecule has 0 saturated carbocycles. The fourth-order valence-electron chi connectivity index (χ4n) is 13.4. The molecule has 0 aromatic carbocycles. The van der Waals surface area contributed by atoms with Crippen molar-refractivity contribution in [1.82, 2.24) is 5.32 Å². The van der Waals surface area contributed by atoms with Gasteiger partial charge in [0.25, 0.3) is 7.82 Å². The molecular formula is C85H167N2O6P. The van der Waals surface area contributed by atoms with E-state index in [0.29, 0.717) is 23.9 Å². The largest absolute Gasteiger partial charge is 0.756 e. The van der Waals surface area contributed by atoms with Crippen molar-refractivity contribution in [3.8, 4) is 0 Å². The van der Waals surface area contributed by atoms with Crippen molar-refractivity contribution in [1.29, 1.82) is 0 Å². The summed E-state index contributed by atoms with van der Waals surface area (Å²) in [6.45, 7) is 4.78. The molecule has 3 unspecified atom stereocenters. The third-order valence-electron chi connectivity index (χ3n) is 19.9. The number of carbonyl (C=O) groups excluding carboxylic acids is 1. The van der Waals surface area contributed by atoms with E-state index in [4.69, 9.17) is 9.05 Å². The highest BCUT2D eigenvalue weighted by Gasteiger charge is 2.24. The second kappa shape index (κ2) is 75.9. The number of phosphoric acid groups is 1. The summed E-state index contributed by atoms with van der Waals surface area (Å²) in [5.41, 5.74) is 0. The molecule has 0 heterocycles. The molecule has 9 heteroatoms. The van der Waals surface area contributed by atoms with Crippen molar-refractivity contribution in [2.24, 2.45) is 0 Å². The third-order valence-corrected chi connectivity index (χ3v) is 20.8. The number of aliphatic hydroxyl groups excluding tert-OH is 1. The van der Waals surface area contributed by atoms with E-state index in [9.17, 15) is 19.4 Å². The third kappa shape index (κ3) is 78.1. The predicted molar refractivity (Wildman–Crippen MR) is 413 cm³/mol. The molecule has 0 aliphatic heterocycles. The number of amides is 1. The maximum Gasteiger partial charge on any atom is 0.268 e. The lowest BCUT2D eigenvalue weighted by Gasteiger charge is -2.30. The van der Waals surface area contributed by atoms with E-state index in [1.54, 1.807) is 0 Å². The van der Waals surface area contributed by atoms with Crippen LogP contribution in [-0.2, 0) is 18.4 Å². The predicted octanol–water partition coefficient (Wildman–Crippen LogP) is 27.3. The Morgan fingerprint density at radius 2 is 0.617 bits per heavy atom. The molecule has 94 heavy (non-hydrogen) atoms. The maximum atomic E-state index is 13.1. The van der Waals surface area contributed by atoms with E-state index in [1.807, 2.05) is 21.1 Å². The summed E-state index contributed by atoms with van der Waals surface area (Å²) in [6.07, 6.45) is 103. The van der Waals surface area contributed by atoms with Gasteiger partial charge in [0.1, 0.15) is 13.2 Å². The van der Waals surface area contributed by atoms with Crippen molar-refractivity contribution < 1.29 is 32.9 Å². The van der Waals surface area contributed by atoms with Crippen molar-refractivity contribution in [3.63, 3.8) is 0 Å². The number of unbranched alkanes of at least 4 members (excludes halogenated alkanes) is 61. The number of hydrogen-bond acceptors (Lipinski definition) is 6. The number of hydrogen-bond donors (Lipinski definition) is 2. The van der Waals surface area contributed by atoms with E-state index in [0.717, 1.165) is 51.4 Å². The summed E-state index contributed by atoms with van der Waals surface area (Å²) in [5.74, 6) is -0.154. The molecule has 0 saturated heterocycles. The molecule has 3 atom stereocenters. The summed E-state index contributed by atoms with van der Waals surface area (Å²) >= 11 is 0. The minimum absolute atomic E-state index is 0.0154. The summed E-state index contributed by atoms with van der Waals surface area (Å²) in [4.78, 5) is 25.8. The Hall–Kier alpha value is -1.28. The number of aliphatic hydroxyl groups is 1. The fourth-order valence-corrected chi connectivity index (χ4v) is 14.1. The number of nitrogens with one attached hydrogen (secondary N) is 1. The van der Waals surface area contributed by atoms with Crippen LogP contribution in [0.25, 0.3) is 0 Å². The molecule has 8 nitrogen and oxygen atoms in total. The van der Waals surface area contributed by atoms with Gasteiger partial charge in [0.2, 0.25) is 5.91 Å². The van der Waals surface area contributed by atoms with Gasteiger partial charge in [0.05, 0.1) is 39.9 Å². The van der Waals surface area contributed by atoms with Gasteiger partial charge in [-0.05, 0) is 51.4 Å². The Kier molecular flexibility index (Phi) is 74.9. The van der Waals surface area contributed by atoms with Gasteiger partial charge in [-0.25, -0.2) is 0 Å². The highest BCUT2D eigenvalue weighted by molar-refractivity contribution is 7.45. The molecule has 0 aliphatic rings. The van der Waals surface area contributed by atoms with Crippen LogP contribution in [0.3, 0.4) is 0 Å². The number of phosphoric ester groups is 1. The van der Waals surface area contributed by atoms with Gasteiger partial charge in [-0.1, -0.05) is 429 Å². The van der Waals surface area contributed by atoms with E-state index in [2.05, 4.69) is 55.6 Å². The molecule has 0 bridgehead atoms. The van der Waals surface area contributed by atoms with Crippen molar-refractivity contribution >= 4 is 13.7 Å². The first-order valence-electron chi connectivity index (χ1n) is 42.3. The van der Waals surface area contributed by atoms with Gasteiger partial charge in [-0.15, -0.1) is 0 Å². The lowest BCUT2D eigenvalue weighted by atomic mass is 10.0. The molecule has 2 N–H and O–H groups in total. The number of likely N-dealkylation sites (N-methyl/N-ethyl adjacent to an activating group) is 1. The zero-order chi connectivity index (χ0) is 68.3. The Balaban J connectivity index is 3.87. The van der Waals surface area contributed by atoms with E-state index >= 15 is 0 Å². The number of nitrogens with zero attached hydrogens (tertiary/aromatic N) is 1. The van der Waals surface area contributed by atoms with E-state index in [1.165, 1.54) is 372 Å². The molecular weight excluding hydrogens is 1180 g/mol. The first kappa shape index (κ1) is 92.7. The molecule has 0 aromatic rings. The first-order chi connectivity index (χ1) is 46.0. The maximum absolute atomic E-state index is 13.1. The summed E-state index contributed by atoms with van der Waals surface area (Å²) < 4.78 is 23.6. The topological polar surface area (TPSA) is 108 Å². The molecule has 0 aliphatic carbocycles. The minimum atomic E-state index is -4.58. The minimum Gasteiger partial charge on any atom is -0.756 e. The number of quaternary nitrogens is 1. The Morgan fingerprint density at radius 3 is 0.894 bits per heavy atom. The molecule has 558 valence electrons. The summed E-state index contributed by atoms with van der Waals surface area (Å²) in [6, 6.07) is -0.801. The fraction of sp³-hybridized carbons (Fsp3) is 0.918. The zero-order valence-electron chi connectivity index (χ0n) is 64.2. The summed E-state index contributed by atoms with van der Waals surface area (Å²) in [7, 11) is 1.33. The van der Waals surface area contributed by atoms with Crippen LogP contribution in [0.2, 0.25) is 0 Å². The number of carbonyl (C=O) groups is 1. The Bertz CT molecular complexity index is 1630. The second-order valence-corrected chi connectivity index (χ2v) is 32.0. The monoisotopic (exact) mass is 1340 g/mol. The molecule has 0 radical (unpaired) electrons. The standard InChI is InChI=1S/C85H167N2O6P/c1-6-8-10-12-14-16-18-20-22-24-26-28-30-32-34-36-38-39-40-41-42-43-44-45-46-47-49-51-53-55-57-59-61-63-65-67-69-71-73-75-77-79-85(89)86-83(82-93-94(90,91)92-81-80-87(3,4)5)84(88)78-76-74-72-70-68-66-64-62-60-58-56-54-52-50-48-37-35-33-31-29-27-25-23-21-19-17-15-13-11-9-7-2/h18,20,24,26,30,32,83-84,88H,6-17,19,21-23,25,27-29,31,33-82H2,1-5H3,(H-,86,89,90,91)/b20-18-,26-24-,32-30-. The molecule has 0 spiro atoms. The van der Waals surface area contributed by atoms with Gasteiger partial charge in [0.15, 0.2) is 0 Å². The molecule has 0 fully saturated rings. The Morgan fingerprint density at radius 1 is 0.372 bits per heavy atom. The van der Waals surface area contributed by atoms with Gasteiger partial charge < -0.3 is 28.8 Å². The normalized spacial score (nSPS) is 13.6. The molecule has 0 rings (SSSR count). The van der Waals surface area contributed by atoms with Gasteiger partial charge in [-0.2, -0.15) is 0 Å². The van der Waals surface area contributed by atoms with E-state index in [-0.39, 0.29) is 19.1 Å². The van der Waals surface area contributed by atoms with Crippen LogP contribution >= 0.6 is 7.82 Å². The highest BCUT2D eigenvalue weighted by Crippen LogP contribution is 2.38. The first-order valence-corrected chi connectivity index (χ1v) is 43.8. The van der Waals surface area contributed by atoms with Crippen LogP contribution in [0.4, 0.5) is 0 Å². The zero-order valence-corrected chi connectivity index (χ0v) is 65.1. The van der Waals surface area contributed by atoms with Gasteiger partial charge >= 0.3 is 0 Å². The molecule has 0 aromatic heterocycles. The highest BCUT2D eigenvalue weighted by atomic mass is 31.2. The number of rotatable bonds is 80. The lowest BCUT2D eigenvalue weighted by molar-refractivity contribution is -0.870. The smallest absolute Gasteiger partial charge is 0.268 e. The van der Waals surface area contributed by atoms with Gasteiger partial charge in [-0.3, -0.25) is 9.36 Å². The van der Waals surface area contributed by atoms with Crippen LogP contribution < -0.4 is 10.2 Å². The van der Waals surface area contributed by atoms with Crippen molar-refractivity contribution in [3.05, 3.63) is 36.5 Å². The average molecular weight is 1340 g/mol. The van der Waals surface area contributed by atoms with Gasteiger partial charge in [0, 0.05) is 6.42 Å².